The number of amides is 1. The zero-order chi connectivity index (χ0) is 20.1. The van der Waals surface area contributed by atoms with Crippen LogP contribution in [0.25, 0.3) is 16.9 Å². The van der Waals surface area contributed by atoms with Crippen molar-refractivity contribution >= 4 is 5.91 Å². The molecule has 2 aromatic carbocycles. The number of benzene rings is 2. The zero-order valence-electron chi connectivity index (χ0n) is 15.7. The second-order valence-corrected chi connectivity index (χ2v) is 5.73. The first kappa shape index (κ1) is 19.4. The van der Waals surface area contributed by atoms with Crippen molar-refractivity contribution in [2.24, 2.45) is 0 Å². The number of methoxy groups -OCH3 is 2. The molecule has 1 aromatic heterocycles. The Morgan fingerprint density at radius 1 is 1.11 bits per heavy atom. The number of hydroxylamine groups is 1. The van der Waals surface area contributed by atoms with Crippen molar-refractivity contribution < 1.29 is 23.5 Å². The molecule has 0 bridgehead atoms. The predicted octanol–water partition coefficient (Wildman–Crippen LogP) is 3.38. The lowest BCUT2D eigenvalue weighted by atomic mass is 10.1. The van der Waals surface area contributed by atoms with E-state index in [0.717, 1.165) is 0 Å². The number of aromatic nitrogens is 2. The summed E-state index contributed by atoms with van der Waals surface area (Å²) in [6.07, 6.45) is 0. The van der Waals surface area contributed by atoms with Crippen molar-refractivity contribution in [1.29, 1.82) is 0 Å². The van der Waals surface area contributed by atoms with Crippen molar-refractivity contribution in [3.05, 3.63) is 60.0 Å². The van der Waals surface area contributed by atoms with Crippen LogP contribution < -0.4 is 15.0 Å². The Hall–Kier alpha value is -3.39. The van der Waals surface area contributed by atoms with Crippen molar-refractivity contribution in [2.45, 2.75) is 6.92 Å². The third-order valence-corrected chi connectivity index (χ3v) is 4.01. The maximum Gasteiger partial charge on any atom is 0.293 e. The van der Waals surface area contributed by atoms with Gasteiger partial charge in [-0.1, -0.05) is 0 Å². The normalized spacial score (nSPS) is 10.6. The van der Waals surface area contributed by atoms with Gasteiger partial charge in [-0.15, -0.1) is 0 Å². The van der Waals surface area contributed by atoms with Crippen LogP contribution in [0.15, 0.2) is 48.5 Å². The molecular weight excluding hydrogens is 365 g/mol. The predicted molar refractivity (Wildman–Crippen MR) is 101 cm³/mol. The first-order chi connectivity index (χ1) is 13.6. The SMILES string of the molecule is CCONC(=O)c1cc(-c2ccc(OC)cc2OC)nn1-c1ccc(F)cc1. The largest absolute Gasteiger partial charge is 0.497 e. The molecule has 0 unspecified atom stereocenters. The first-order valence-electron chi connectivity index (χ1n) is 8.58. The lowest BCUT2D eigenvalue weighted by Crippen LogP contribution is -2.26. The summed E-state index contributed by atoms with van der Waals surface area (Å²) in [7, 11) is 3.10. The number of halogens is 1. The minimum atomic E-state index is -0.475. The van der Waals surface area contributed by atoms with E-state index in [1.165, 1.54) is 36.1 Å². The quantitative estimate of drug-likeness (QED) is 0.631. The van der Waals surface area contributed by atoms with Crippen LogP contribution in [0.1, 0.15) is 17.4 Å². The van der Waals surface area contributed by atoms with E-state index in [0.29, 0.717) is 35.1 Å². The topological polar surface area (TPSA) is 74.6 Å². The molecule has 0 aliphatic heterocycles. The highest BCUT2D eigenvalue weighted by molar-refractivity contribution is 5.94. The molecule has 1 amide bonds. The number of hydrogen-bond acceptors (Lipinski definition) is 5. The molecule has 0 spiro atoms. The monoisotopic (exact) mass is 385 g/mol. The summed E-state index contributed by atoms with van der Waals surface area (Å²) >= 11 is 0. The van der Waals surface area contributed by atoms with Crippen LogP contribution in [-0.2, 0) is 4.84 Å². The fourth-order valence-electron chi connectivity index (χ4n) is 2.65. The van der Waals surface area contributed by atoms with Crippen LogP contribution in [-0.4, -0.2) is 36.5 Å². The van der Waals surface area contributed by atoms with Gasteiger partial charge in [0.1, 0.15) is 23.0 Å². The molecule has 8 heteroatoms. The average Bonchev–Trinajstić information content (AvgIpc) is 3.17. The second kappa shape index (κ2) is 8.53. The number of rotatable bonds is 7. The summed E-state index contributed by atoms with van der Waals surface area (Å²) in [5, 5.41) is 4.53. The number of carbonyl (C=O) groups is 1. The Balaban J connectivity index is 2.11. The van der Waals surface area contributed by atoms with E-state index in [-0.39, 0.29) is 11.5 Å². The minimum Gasteiger partial charge on any atom is -0.497 e. The fraction of sp³-hybridized carbons (Fsp3) is 0.200. The van der Waals surface area contributed by atoms with Crippen LogP contribution in [0.4, 0.5) is 4.39 Å². The lowest BCUT2D eigenvalue weighted by Gasteiger charge is -2.08. The number of carbonyl (C=O) groups excluding carboxylic acids is 1. The van der Waals surface area contributed by atoms with Crippen LogP contribution in [0.3, 0.4) is 0 Å². The molecule has 0 atom stereocenters. The Kier molecular flexibility index (Phi) is 5.90. The average molecular weight is 385 g/mol. The maximum atomic E-state index is 13.3. The lowest BCUT2D eigenvalue weighted by molar-refractivity contribution is 0.0357. The first-order valence-corrected chi connectivity index (χ1v) is 8.58. The van der Waals surface area contributed by atoms with Gasteiger partial charge < -0.3 is 9.47 Å². The zero-order valence-corrected chi connectivity index (χ0v) is 15.7. The molecule has 0 aliphatic carbocycles. The van der Waals surface area contributed by atoms with Gasteiger partial charge in [0.2, 0.25) is 0 Å². The van der Waals surface area contributed by atoms with Crippen molar-refractivity contribution in [3.8, 4) is 28.4 Å². The Morgan fingerprint density at radius 3 is 2.50 bits per heavy atom. The van der Waals surface area contributed by atoms with E-state index in [1.807, 2.05) is 0 Å². The third kappa shape index (κ3) is 3.96. The molecule has 28 heavy (non-hydrogen) atoms. The summed E-state index contributed by atoms with van der Waals surface area (Å²) in [5.74, 6) is 0.318. The van der Waals surface area contributed by atoms with E-state index >= 15 is 0 Å². The third-order valence-electron chi connectivity index (χ3n) is 4.01. The molecule has 3 aromatic rings. The Morgan fingerprint density at radius 2 is 1.86 bits per heavy atom. The summed E-state index contributed by atoms with van der Waals surface area (Å²) in [6, 6.07) is 12.6. The molecule has 1 heterocycles. The molecule has 146 valence electrons. The van der Waals surface area contributed by atoms with Gasteiger partial charge in [0.05, 0.1) is 32.2 Å². The van der Waals surface area contributed by atoms with Gasteiger partial charge in [-0.05, 0) is 49.4 Å². The van der Waals surface area contributed by atoms with Crippen molar-refractivity contribution in [2.75, 3.05) is 20.8 Å². The van der Waals surface area contributed by atoms with Crippen LogP contribution in [0.5, 0.6) is 11.5 Å². The molecule has 0 aliphatic rings. The van der Waals surface area contributed by atoms with E-state index < -0.39 is 5.91 Å². The number of nitrogens with one attached hydrogen (secondary N) is 1. The van der Waals surface area contributed by atoms with Gasteiger partial charge in [0.25, 0.3) is 5.91 Å². The van der Waals surface area contributed by atoms with Gasteiger partial charge in [-0.3, -0.25) is 9.63 Å². The summed E-state index contributed by atoms with van der Waals surface area (Å²) in [4.78, 5) is 17.5. The molecule has 3 rings (SSSR count). The summed E-state index contributed by atoms with van der Waals surface area (Å²) in [6.45, 7) is 2.07. The van der Waals surface area contributed by atoms with Gasteiger partial charge in [0.15, 0.2) is 0 Å². The van der Waals surface area contributed by atoms with E-state index in [1.54, 1.807) is 38.3 Å². The molecule has 0 saturated heterocycles. The Labute approximate surface area is 161 Å². The maximum absolute atomic E-state index is 13.3. The molecule has 7 nitrogen and oxygen atoms in total. The highest BCUT2D eigenvalue weighted by atomic mass is 19.1. The van der Waals surface area contributed by atoms with Gasteiger partial charge in [-0.2, -0.15) is 5.10 Å². The second-order valence-electron chi connectivity index (χ2n) is 5.73. The molecule has 0 radical (unpaired) electrons. The number of nitrogens with zero attached hydrogens (tertiary/aromatic N) is 2. The van der Waals surface area contributed by atoms with Crippen LogP contribution in [0.2, 0.25) is 0 Å². The van der Waals surface area contributed by atoms with E-state index in [4.69, 9.17) is 14.3 Å². The summed E-state index contributed by atoms with van der Waals surface area (Å²) in [5.41, 5.74) is 4.30. The Bertz CT molecular complexity index is 970. The van der Waals surface area contributed by atoms with Gasteiger partial charge >= 0.3 is 0 Å². The van der Waals surface area contributed by atoms with Gasteiger partial charge in [-0.25, -0.2) is 14.6 Å². The van der Waals surface area contributed by atoms with Crippen LogP contribution >= 0.6 is 0 Å². The smallest absolute Gasteiger partial charge is 0.293 e. The molecule has 0 saturated carbocycles. The van der Waals surface area contributed by atoms with E-state index in [9.17, 15) is 9.18 Å². The molecule has 1 N–H and O–H groups in total. The molecular formula is C20H20FN3O4. The molecule has 0 fully saturated rings. The highest BCUT2D eigenvalue weighted by Crippen LogP contribution is 2.33. The van der Waals surface area contributed by atoms with E-state index in [2.05, 4.69) is 10.6 Å². The number of hydrogen-bond donors (Lipinski definition) is 1. The standard InChI is InChI=1S/C20H20FN3O4/c1-4-28-23-20(25)18-12-17(16-10-9-15(26-2)11-19(16)27-3)22-24(18)14-7-5-13(21)6-8-14/h5-12H,4H2,1-3H3,(H,23,25). The highest BCUT2D eigenvalue weighted by Gasteiger charge is 2.20. The van der Waals surface area contributed by atoms with Gasteiger partial charge in [0, 0.05) is 11.6 Å². The summed E-state index contributed by atoms with van der Waals surface area (Å²) < 4.78 is 25.4. The number of ether oxygens (including phenoxy) is 2. The van der Waals surface area contributed by atoms with Crippen molar-refractivity contribution in [1.82, 2.24) is 15.3 Å². The van der Waals surface area contributed by atoms with Crippen molar-refractivity contribution in [3.63, 3.8) is 0 Å². The van der Waals surface area contributed by atoms with Crippen LogP contribution in [0, 0.1) is 5.82 Å². The minimum absolute atomic E-state index is 0.230. The fourth-order valence-corrected chi connectivity index (χ4v) is 2.65.